The van der Waals surface area contributed by atoms with Crippen LogP contribution in [0.3, 0.4) is 0 Å². The van der Waals surface area contributed by atoms with E-state index >= 15 is 0 Å². The molecule has 0 N–H and O–H groups in total. The third-order valence-electron chi connectivity index (χ3n) is 5.12. The second-order valence-corrected chi connectivity index (χ2v) is 7.39. The smallest absolute Gasteiger partial charge is 0.272 e. The van der Waals surface area contributed by atoms with Gasteiger partial charge in [-0.1, -0.05) is 13.8 Å². The van der Waals surface area contributed by atoms with Crippen LogP contribution in [0, 0.1) is 5.92 Å². The molecular weight excluding hydrogens is 356 g/mol. The Morgan fingerprint density at radius 1 is 1.29 bits per heavy atom. The quantitative estimate of drug-likeness (QED) is 0.647. The van der Waals surface area contributed by atoms with Gasteiger partial charge in [0, 0.05) is 37.0 Å². The molecule has 4 rings (SSSR count). The lowest BCUT2D eigenvalue weighted by Gasteiger charge is -2.32. The molecule has 1 amide bonds. The molecule has 1 atom stereocenters. The number of nitrogens with zero attached hydrogens (tertiary/aromatic N) is 6. The Labute approximate surface area is 162 Å². The Morgan fingerprint density at radius 3 is 2.89 bits per heavy atom. The number of amides is 1. The van der Waals surface area contributed by atoms with Gasteiger partial charge < -0.3 is 4.90 Å². The molecule has 144 valence electrons. The molecule has 0 aromatic carbocycles. The van der Waals surface area contributed by atoms with Crippen LogP contribution in [0.2, 0.25) is 0 Å². The highest BCUT2D eigenvalue weighted by molar-refractivity contribution is 5.98. The first-order valence-corrected chi connectivity index (χ1v) is 9.49. The molecule has 8 heteroatoms. The standard InChI is InChI=1S/C20H22N6O2/c1-13(2)17-9-16(24-20-22-12-23-26(17)20)19(28)25-8-4-6-15(11-25)18(27)14-5-3-7-21-10-14/h3,5,7,9-10,12-13,15H,4,6,8,11H2,1-2H3. The number of Topliss-reactive ketones (excluding diaryl/α,β-unsaturated/α-hetero) is 1. The summed E-state index contributed by atoms with van der Waals surface area (Å²) in [6.45, 7) is 5.08. The fourth-order valence-electron chi connectivity index (χ4n) is 3.64. The minimum atomic E-state index is -0.219. The van der Waals surface area contributed by atoms with E-state index in [2.05, 4.69) is 20.1 Å². The minimum absolute atomic E-state index is 0.0364. The Hall–Kier alpha value is -3.16. The van der Waals surface area contributed by atoms with Gasteiger partial charge in [0.2, 0.25) is 0 Å². The summed E-state index contributed by atoms with van der Waals surface area (Å²) in [5, 5.41) is 4.19. The number of pyridine rings is 1. The van der Waals surface area contributed by atoms with Gasteiger partial charge in [-0.15, -0.1) is 0 Å². The zero-order valence-electron chi connectivity index (χ0n) is 15.9. The number of fused-ring (bicyclic) bond motifs is 1. The highest BCUT2D eigenvalue weighted by Crippen LogP contribution is 2.23. The second kappa shape index (κ2) is 7.46. The van der Waals surface area contributed by atoms with Crippen LogP contribution in [0.15, 0.2) is 36.9 Å². The zero-order chi connectivity index (χ0) is 19.7. The van der Waals surface area contributed by atoms with Crippen molar-refractivity contribution in [2.24, 2.45) is 5.92 Å². The number of piperidine rings is 1. The number of ketones is 1. The monoisotopic (exact) mass is 378 g/mol. The second-order valence-electron chi connectivity index (χ2n) is 7.39. The SMILES string of the molecule is CC(C)c1cc(C(=O)N2CCCC(C(=O)c3cccnc3)C2)nc2ncnn12. The van der Waals surface area contributed by atoms with Crippen LogP contribution in [0.5, 0.6) is 0 Å². The van der Waals surface area contributed by atoms with Crippen molar-refractivity contribution in [3.63, 3.8) is 0 Å². The molecule has 3 aromatic heterocycles. The third kappa shape index (κ3) is 3.37. The number of carbonyl (C=O) groups excluding carboxylic acids is 2. The Bertz CT molecular complexity index is 1010. The van der Waals surface area contributed by atoms with Crippen LogP contribution in [-0.2, 0) is 0 Å². The average Bonchev–Trinajstić information content (AvgIpc) is 3.21. The number of hydrogen-bond acceptors (Lipinski definition) is 6. The van der Waals surface area contributed by atoms with Crippen molar-refractivity contribution in [1.82, 2.24) is 29.5 Å². The van der Waals surface area contributed by atoms with Crippen molar-refractivity contribution in [3.05, 3.63) is 53.9 Å². The molecular formula is C20H22N6O2. The van der Waals surface area contributed by atoms with E-state index in [9.17, 15) is 9.59 Å². The van der Waals surface area contributed by atoms with Gasteiger partial charge in [-0.2, -0.15) is 10.1 Å². The van der Waals surface area contributed by atoms with E-state index in [4.69, 9.17) is 0 Å². The molecule has 0 aliphatic carbocycles. The molecule has 1 aliphatic heterocycles. The van der Waals surface area contributed by atoms with Crippen LogP contribution in [0.25, 0.3) is 5.78 Å². The van der Waals surface area contributed by atoms with E-state index in [1.165, 1.54) is 6.33 Å². The van der Waals surface area contributed by atoms with E-state index < -0.39 is 0 Å². The van der Waals surface area contributed by atoms with Crippen molar-refractivity contribution in [1.29, 1.82) is 0 Å². The van der Waals surface area contributed by atoms with Crippen molar-refractivity contribution in [3.8, 4) is 0 Å². The summed E-state index contributed by atoms with van der Waals surface area (Å²) in [7, 11) is 0. The van der Waals surface area contributed by atoms with E-state index in [1.54, 1.807) is 40.0 Å². The van der Waals surface area contributed by atoms with E-state index in [0.717, 1.165) is 18.5 Å². The maximum atomic E-state index is 13.1. The van der Waals surface area contributed by atoms with Gasteiger partial charge in [-0.25, -0.2) is 9.50 Å². The topological polar surface area (TPSA) is 93.4 Å². The van der Waals surface area contributed by atoms with E-state index in [0.29, 0.717) is 30.1 Å². The number of aromatic nitrogens is 5. The van der Waals surface area contributed by atoms with Gasteiger partial charge in [-0.3, -0.25) is 14.6 Å². The predicted octanol–water partition coefficient (Wildman–Crippen LogP) is 2.38. The summed E-state index contributed by atoms with van der Waals surface area (Å²) in [6, 6.07) is 5.30. The maximum absolute atomic E-state index is 13.1. The van der Waals surface area contributed by atoms with Crippen molar-refractivity contribution >= 4 is 17.5 Å². The number of hydrogen-bond donors (Lipinski definition) is 0. The Kier molecular flexibility index (Phi) is 4.85. The van der Waals surface area contributed by atoms with Gasteiger partial charge >= 0.3 is 0 Å². The average molecular weight is 378 g/mol. The molecule has 1 fully saturated rings. The summed E-state index contributed by atoms with van der Waals surface area (Å²) in [6.07, 6.45) is 6.22. The van der Waals surface area contributed by atoms with Gasteiger partial charge in [0.05, 0.1) is 5.69 Å². The molecule has 1 aliphatic rings. The van der Waals surface area contributed by atoms with Crippen molar-refractivity contribution in [2.75, 3.05) is 13.1 Å². The first-order valence-electron chi connectivity index (χ1n) is 9.49. The summed E-state index contributed by atoms with van der Waals surface area (Å²) in [4.78, 5) is 40.2. The first-order chi connectivity index (χ1) is 13.5. The summed E-state index contributed by atoms with van der Waals surface area (Å²) in [5.74, 6) is 0.225. The van der Waals surface area contributed by atoms with Gasteiger partial charge in [-0.05, 0) is 37.0 Å². The predicted molar refractivity (Wildman–Crippen MR) is 102 cm³/mol. The lowest BCUT2D eigenvalue weighted by atomic mass is 9.90. The Balaban J connectivity index is 1.58. The molecule has 28 heavy (non-hydrogen) atoms. The first kappa shape index (κ1) is 18.2. The van der Waals surface area contributed by atoms with Gasteiger partial charge in [0.1, 0.15) is 12.0 Å². The normalized spacial score (nSPS) is 17.2. The van der Waals surface area contributed by atoms with E-state index in [1.807, 2.05) is 13.8 Å². The highest BCUT2D eigenvalue weighted by atomic mass is 16.2. The molecule has 4 heterocycles. The van der Waals surface area contributed by atoms with E-state index in [-0.39, 0.29) is 23.5 Å². The molecule has 8 nitrogen and oxygen atoms in total. The van der Waals surface area contributed by atoms with Crippen LogP contribution in [-0.4, -0.2) is 54.2 Å². The third-order valence-corrected chi connectivity index (χ3v) is 5.12. The number of likely N-dealkylation sites (tertiary alicyclic amines) is 1. The van der Waals surface area contributed by atoms with Gasteiger partial charge in [0.15, 0.2) is 5.78 Å². The fourth-order valence-corrected chi connectivity index (χ4v) is 3.64. The Morgan fingerprint density at radius 2 is 2.14 bits per heavy atom. The molecule has 1 unspecified atom stereocenters. The van der Waals surface area contributed by atoms with Crippen LogP contribution >= 0.6 is 0 Å². The summed E-state index contributed by atoms with van der Waals surface area (Å²) >= 11 is 0. The minimum Gasteiger partial charge on any atom is -0.337 e. The summed E-state index contributed by atoms with van der Waals surface area (Å²) in [5.41, 5.74) is 1.82. The lowest BCUT2D eigenvalue weighted by Crippen LogP contribution is -2.42. The molecule has 0 bridgehead atoms. The molecule has 0 radical (unpaired) electrons. The molecule has 0 spiro atoms. The number of rotatable bonds is 4. The van der Waals surface area contributed by atoms with Crippen molar-refractivity contribution in [2.45, 2.75) is 32.6 Å². The largest absolute Gasteiger partial charge is 0.337 e. The maximum Gasteiger partial charge on any atom is 0.272 e. The van der Waals surface area contributed by atoms with Gasteiger partial charge in [0.25, 0.3) is 11.7 Å². The van der Waals surface area contributed by atoms with Crippen molar-refractivity contribution < 1.29 is 9.59 Å². The van der Waals surface area contributed by atoms with Crippen LogP contribution in [0.4, 0.5) is 0 Å². The van der Waals surface area contributed by atoms with Crippen LogP contribution < -0.4 is 0 Å². The lowest BCUT2D eigenvalue weighted by molar-refractivity contribution is 0.0632. The highest BCUT2D eigenvalue weighted by Gasteiger charge is 2.30. The fraction of sp³-hybridized carbons (Fsp3) is 0.400. The molecule has 1 saturated heterocycles. The zero-order valence-corrected chi connectivity index (χ0v) is 15.9. The number of carbonyl (C=O) groups is 2. The summed E-state index contributed by atoms with van der Waals surface area (Å²) < 4.78 is 1.66. The molecule has 0 saturated carbocycles. The molecule has 3 aromatic rings. The van der Waals surface area contributed by atoms with Crippen LogP contribution in [0.1, 0.15) is 59.1 Å².